The standard InChI is InChI=1S/C51H29N3O/c1-2-14-31-29-45-39(27-30(31)13-1)36-18-6-11-23-44(36)54(45)49-47-37-19-7-12-24-46(37)55-50(47)53-48(52-49)32-25-26-43-38(28-32)35-17-5-10-22-42(35)51(43)40-20-8-3-15-33(40)34-16-4-9-21-41(34)51/h1-29H. The number of aromatic nitrogens is 3. The summed E-state index contributed by atoms with van der Waals surface area (Å²) in [7, 11) is 0. The fourth-order valence-electron chi connectivity index (χ4n) is 10.0. The van der Waals surface area contributed by atoms with Crippen molar-refractivity contribution in [3.05, 3.63) is 198 Å². The minimum atomic E-state index is -0.405. The maximum absolute atomic E-state index is 6.59. The molecule has 8 aromatic carbocycles. The van der Waals surface area contributed by atoms with Crippen LogP contribution in [0.5, 0.6) is 0 Å². The molecule has 0 saturated heterocycles. The number of nitrogens with zero attached hydrogens (tertiary/aromatic N) is 3. The number of hydrogen-bond donors (Lipinski definition) is 0. The molecule has 2 aliphatic rings. The zero-order valence-corrected chi connectivity index (χ0v) is 29.5. The summed E-state index contributed by atoms with van der Waals surface area (Å²) in [6.07, 6.45) is 0. The van der Waals surface area contributed by atoms with Gasteiger partial charge in [-0.2, -0.15) is 4.98 Å². The van der Waals surface area contributed by atoms with E-state index >= 15 is 0 Å². The molecule has 4 nitrogen and oxygen atoms in total. The zero-order chi connectivity index (χ0) is 35.8. The molecule has 0 atom stereocenters. The number of benzene rings is 8. The summed E-state index contributed by atoms with van der Waals surface area (Å²) in [6.45, 7) is 0. The first-order valence-corrected chi connectivity index (χ1v) is 18.8. The lowest BCUT2D eigenvalue weighted by Gasteiger charge is -2.30. The van der Waals surface area contributed by atoms with Crippen molar-refractivity contribution in [3.63, 3.8) is 0 Å². The Morgan fingerprint density at radius 2 is 1.02 bits per heavy atom. The molecule has 0 fully saturated rings. The van der Waals surface area contributed by atoms with Crippen LogP contribution in [-0.2, 0) is 5.41 Å². The Hall–Kier alpha value is -7.30. The minimum Gasteiger partial charge on any atom is -0.437 e. The van der Waals surface area contributed by atoms with Gasteiger partial charge in [-0.1, -0.05) is 146 Å². The molecule has 55 heavy (non-hydrogen) atoms. The average Bonchev–Trinajstić information content (AvgIpc) is 3.96. The molecule has 0 unspecified atom stereocenters. The second kappa shape index (κ2) is 10.4. The lowest BCUT2D eigenvalue weighted by Crippen LogP contribution is -2.25. The summed E-state index contributed by atoms with van der Waals surface area (Å²) >= 11 is 0. The lowest BCUT2D eigenvalue weighted by molar-refractivity contribution is 0.653. The van der Waals surface area contributed by atoms with Crippen LogP contribution >= 0.6 is 0 Å². The summed E-state index contributed by atoms with van der Waals surface area (Å²) < 4.78 is 8.90. The fourth-order valence-corrected chi connectivity index (χ4v) is 10.0. The van der Waals surface area contributed by atoms with E-state index in [2.05, 4.69) is 168 Å². The number of hydrogen-bond acceptors (Lipinski definition) is 3. The van der Waals surface area contributed by atoms with Crippen molar-refractivity contribution < 1.29 is 4.42 Å². The molecule has 0 N–H and O–H groups in total. The third kappa shape index (κ3) is 3.66. The topological polar surface area (TPSA) is 43.9 Å². The van der Waals surface area contributed by atoms with Crippen LogP contribution in [0.15, 0.2) is 180 Å². The molecule has 11 aromatic rings. The predicted octanol–water partition coefficient (Wildman–Crippen LogP) is 12.6. The summed E-state index contributed by atoms with van der Waals surface area (Å²) in [5.74, 6) is 1.43. The number of para-hydroxylation sites is 2. The van der Waals surface area contributed by atoms with Gasteiger partial charge in [-0.15, -0.1) is 0 Å². The zero-order valence-electron chi connectivity index (χ0n) is 29.5. The van der Waals surface area contributed by atoms with E-state index in [1.165, 1.54) is 66.1 Å². The van der Waals surface area contributed by atoms with E-state index in [0.29, 0.717) is 11.5 Å². The molecular formula is C51H29N3O. The molecule has 3 heterocycles. The van der Waals surface area contributed by atoms with Crippen LogP contribution in [0.25, 0.3) is 94.1 Å². The van der Waals surface area contributed by atoms with Gasteiger partial charge in [-0.25, -0.2) is 4.98 Å². The van der Waals surface area contributed by atoms with E-state index in [-0.39, 0.29) is 0 Å². The largest absolute Gasteiger partial charge is 0.437 e. The van der Waals surface area contributed by atoms with Crippen LogP contribution in [0, 0.1) is 0 Å². The second-order valence-electron chi connectivity index (χ2n) is 14.9. The molecule has 254 valence electrons. The molecule has 1 spiro atoms. The Kier molecular flexibility index (Phi) is 5.54. The van der Waals surface area contributed by atoms with Gasteiger partial charge in [0.15, 0.2) is 11.6 Å². The predicted molar refractivity (Wildman–Crippen MR) is 223 cm³/mol. The van der Waals surface area contributed by atoms with Crippen LogP contribution < -0.4 is 0 Å². The van der Waals surface area contributed by atoms with Crippen molar-refractivity contribution in [2.45, 2.75) is 5.41 Å². The van der Waals surface area contributed by atoms with Crippen molar-refractivity contribution >= 4 is 54.6 Å². The smallest absolute Gasteiger partial charge is 0.233 e. The Morgan fingerprint density at radius 1 is 0.436 bits per heavy atom. The number of rotatable bonds is 2. The molecule has 4 heteroatoms. The van der Waals surface area contributed by atoms with Crippen molar-refractivity contribution in [3.8, 4) is 39.5 Å². The van der Waals surface area contributed by atoms with Crippen molar-refractivity contribution in [2.24, 2.45) is 0 Å². The normalized spacial score (nSPS) is 13.6. The third-order valence-electron chi connectivity index (χ3n) is 12.2. The van der Waals surface area contributed by atoms with Crippen molar-refractivity contribution in [2.75, 3.05) is 0 Å². The molecule has 0 radical (unpaired) electrons. The van der Waals surface area contributed by atoms with Gasteiger partial charge < -0.3 is 4.42 Å². The van der Waals surface area contributed by atoms with Crippen LogP contribution in [0.2, 0.25) is 0 Å². The van der Waals surface area contributed by atoms with E-state index in [0.717, 1.165) is 38.8 Å². The van der Waals surface area contributed by atoms with Crippen LogP contribution in [0.4, 0.5) is 0 Å². The minimum absolute atomic E-state index is 0.405. The average molecular weight is 700 g/mol. The highest BCUT2D eigenvalue weighted by Gasteiger charge is 2.51. The second-order valence-corrected chi connectivity index (χ2v) is 14.9. The summed E-state index contributed by atoms with van der Waals surface area (Å²) in [5.41, 5.74) is 14.4. The molecule has 13 rings (SSSR count). The van der Waals surface area contributed by atoms with Gasteiger partial charge in [0.2, 0.25) is 5.71 Å². The first-order valence-electron chi connectivity index (χ1n) is 18.8. The Morgan fingerprint density at radius 3 is 1.76 bits per heavy atom. The third-order valence-corrected chi connectivity index (χ3v) is 12.2. The van der Waals surface area contributed by atoms with E-state index in [4.69, 9.17) is 14.4 Å². The Balaban J connectivity index is 1.11. The highest BCUT2D eigenvalue weighted by molar-refractivity contribution is 6.16. The van der Waals surface area contributed by atoms with Gasteiger partial charge in [-0.05, 0) is 85.6 Å². The maximum atomic E-state index is 6.59. The molecular weight excluding hydrogens is 671 g/mol. The monoisotopic (exact) mass is 699 g/mol. The highest BCUT2D eigenvalue weighted by atomic mass is 16.3. The lowest BCUT2D eigenvalue weighted by atomic mass is 9.70. The summed E-state index contributed by atoms with van der Waals surface area (Å²) in [6, 6.07) is 63.6. The van der Waals surface area contributed by atoms with Gasteiger partial charge in [-0.3, -0.25) is 4.57 Å². The molecule has 2 aliphatic carbocycles. The van der Waals surface area contributed by atoms with E-state index in [1.54, 1.807) is 0 Å². The fraction of sp³-hybridized carbons (Fsp3) is 0.0196. The van der Waals surface area contributed by atoms with Crippen LogP contribution in [0.1, 0.15) is 22.3 Å². The number of fused-ring (bicyclic) bond motifs is 17. The molecule has 3 aromatic heterocycles. The quantitative estimate of drug-likeness (QED) is 0.180. The van der Waals surface area contributed by atoms with E-state index < -0.39 is 5.41 Å². The van der Waals surface area contributed by atoms with Gasteiger partial charge in [0, 0.05) is 21.7 Å². The summed E-state index contributed by atoms with van der Waals surface area (Å²) in [4.78, 5) is 10.8. The Bertz CT molecular complexity index is 3410. The molecule has 0 bridgehead atoms. The van der Waals surface area contributed by atoms with Crippen LogP contribution in [0.3, 0.4) is 0 Å². The van der Waals surface area contributed by atoms with Crippen LogP contribution in [-0.4, -0.2) is 14.5 Å². The van der Waals surface area contributed by atoms with Crippen molar-refractivity contribution in [1.82, 2.24) is 14.5 Å². The van der Waals surface area contributed by atoms with Gasteiger partial charge in [0.1, 0.15) is 5.58 Å². The summed E-state index contributed by atoms with van der Waals surface area (Å²) in [5, 5.41) is 6.66. The molecule has 0 amide bonds. The SMILES string of the molecule is c1ccc2c(c1)-c1ccccc1C21c2ccccc2-c2cc(-c3nc(-n4c5ccccc5c5cc6ccccc6cc54)c4c(n3)oc3ccccc34)ccc21. The van der Waals surface area contributed by atoms with Gasteiger partial charge in [0.25, 0.3) is 0 Å². The highest BCUT2D eigenvalue weighted by Crippen LogP contribution is 2.63. The Labute approximate surface area is 315 Å². The van der Waals surface area contributed by atoms with Gasteiger partial charge in [0.05, 0.1) is 21.8 Å². The first-order chi connectivity index (χ1) is 27.3. The number of furan rings is 1. The maximum Gasteiger partial charge on any atom is 0.233 e. The van der Waals surface area contributed by atoms with Crippen molar-refractivity contribution in [1.29, 1.82) is 0 Å². The molecule has 0 saturated carbocycles. The molecule has 0 aliphatic heterocycles. The van der Waals surface area contributed by atoms with E-state index in [1.807, 2.05) is 12.1 Å². The first kappa shape index (κ1) is 29.2. The van der Waals surface area contributed by atoms with E-state index in [9.17, 15) is 0 Å². The van der Waals surface area contributed by atoms with Gasteiger partial charge >= 0.3 is 0 Å².